The minimum absolute atomic E-state index is 0.137. The van der Waals surface area contributed by atoms with Gasteiger partial charge in [0.05, 0.1) is 5.25 Å². The van der Waals surface area contributed by atoms with Crippen LogP contribution in [-0.4, -0.2) is 35.2 Å². The standard InChI is InChI=1S/C10H20N2OS/c1-7(2)9(14)10(13)12-5-3-4-8(11)6-12/h7-9,14H,3-6,11H2,1-2H3. The first-order valence-corrected chi connectivity index (χ1v) is 5.76. The Hall–Kier alpha value is -0.220. The average molecular weight is 216 g/mol. The van der Waals surface area contributed by atoms with Gasteiger partial charge in [-0.3, -0.25) is 4.79 Å². The molecule has 0 aliphatic carbocycles. The Morgan fingerprint density at radius 1 is 1.57 bits per heavy atom. The predicted molar refractivity (Wildman–Crippen MR) is 61.4 cm³/mol. The van der Waals surface area contributed by atoms with Gasteiger partial charge in [0.1, 0.15) is 0 Å². The van der Waals surface area contributed by atoms with Crippen LogP contribution in [0.1, 0.15) is 26.7 Å². The largest absolute Gasteiger partial charge is 0.340 e. The first-order chi connectivity index (χ1) is 6.52. The molecule has 1 aliphatic rings. The predicted octanol–water partition coefficient (Wildman–Crippen LogP) is 0.891. The summed E-state index contributed by atoms with van der Waals surface area (Å²) < 4.78 is 0. The molecule has 1 saturated heterocycles. The molecule has 0 radical (unpaired) electrons. The lowest BCUT2D eigenvalue weighted by Crippen LogP contribution is -2.49. The van der Waals surface area contributed by atoms with E-state index in [0.29, 0.717) is 6.54 Å². The van der Waals surface area contributed by atoms with Gasteiger partial charge >= 0.3 is 0 Å². The van der Waals surface area contributed by atoms with Crippen LogP contribution in [0.5, 0.6) is 0 Å². The van der Waals surface area contributed by atoms with Crippen LogP contribution in [0, 0.1) is 5.92 Å². The number of nitrogens with zero attached hydrogens (tertiary/aromatic N) is 1. The molecule has 3 nitrogen and oxygen atoms in total. The van der Waals surface area contributed by atoms with Gasteiger partial charge in [-0.25, -0.2) is 0 Å². The Labute approximate surface area is 91.4 Å². The van der Waals surface area contributed by atoms with Crippen molar-refractivity contribution >= 4 is 18.5 Å². The third-order valence-corrected chi connectivity index (χ3v) is 3.47. The highest BCUT2D eigenvalue weighted by atomic mass is 32.1. The molecular weight excluding hydrogens is 196 g/mol. The van der Waals surface area contributed by atoms with E-state index in [1.807, 2.05) is 18.7 Å². The zero-order chi connectivity index (χ0) is 10.7. The number of piperidine rings is 1. The number of likely N-dealkylation sites (tertiary alicyclic amines) is 1. The van der Waals surface area contributed by atoms with Gasteiger partial charge in [0.25, 0.3) is 0 Å². The number of thiol groups is 1. The van der Waals surface area contributed by atoms with Crippen molar-refractivity contribution in [2.45, 2.75) is 38.0 Å². The highest BCUT2D eigenvalue weighted by Gasteiger charge is 2.27. The maximum absolute atomic E-state index is 11.9. The van der Waals surface area contributed by atoms with Gasteiger partial charge in [0.15, 0.2) is 0 Å². The molecule has 0 spiro atoms. The second-order valence-electron chi connectivity index (χ2n) is 4.38. The van der Waals surface area contributed by atoms with Crippen LogP contribution < -0.4 is 5.73 Å². The SMILES string of the molecule is CC(C)C(S)C(=O)N1CCCC(N)C1. The normalized spacial score (nSPS) is 25.2. The fraction of sp³-hybridized carbons (Fsp3) is 0.900. The summed E-state index contributed by atoms with van der Waals surface area (Å²) in [6.07, 6.45) is 2.05. The molecule has 0 saturated carbocycles. The minimum atomic E-state index is -0.180. The molecule has 82 valence electrons. The summed E-state index contributed by atoms with van der Waals surface area (Å²) in [7, 11) is 0. The van der Waals surface area contributed by atoms with Gasteiger partial charge in [-0.15, -0.1) is 0 Å². The van der Waals surface area contributed by atoms with E-state index in [4.69, 9.17) is 5.73 Å². The fourth-order valence-corrected chi connectivity index (χ4v) is 1.85. The smallest absolute Gasteiger partial charge is 0.235 e. The second-order valence-corrected chi connectivity index (χ2v) is 4.93. The van der Waals surface area contributed by atoms with Crippen LogP contribution in [0.15, 0.2) is 0 Å². The molecule has 1 heterocycles. The molecule has 1 fully saturated rings. The molecule has 1 rings (SSSR count). The first kappa shape index (κ1) is 11.9. The maximum Gasteiger partial charge on any atom is 0.235 e. The summed E-state index contributed by atoms with van der Waals surface area (Å²) in [5, 5.41) is -0.180. The summed E-state index contributed by atoms with van der Waals surface area (Å²) in [5.41, 5.74) is 5.82. The Kier molecular flexibility index (Phi) is 4.26. The molecule has 14 heavy (non-hydrogen) atoms. The molecule has 0 aromatic heterocycles. The number of hydrogen-bond acceptors (Lipinski definition) is 3. The maximum atomic E-state index is 11.9. The minimum Gasteiger partial charge on any atom is -0.340 e. The van der Waals surface area contributed by atoms with Gasteiger partial charge in [-0.2, -0.15) is 12.6 Å². The van der Waals surface area contributed by atoms with Crippen LogP contribution in [-0.2, 0) is 4.79 Å². The highest BCUT2D eigenvalue weighted by Crippen LogP contribution is 2.16. The number of carbonyl (C=O) groups excluding carboxylic acids is 1. The van der Waals surface area contributed by atoms with Crippen molar-refractivity contribution in [3.05, 3.63) is 0 Å². The van der Waals surface area contributed by atoms with Gasteiger partial charge < -0.3 is 10.6 Å². The Balaban J connectivity index is 2.51. The van der Waals surface area contributed by atoms with Crippen molar-refractivity contribution in [1.29, 1.82) is 0 Å². The van der Waals surface area contributed by atoms with Crippen molar-refractivity contribution in [2.24, 2.45) is 11.7 Å². The Morgan fingerprint density at radius 2 is 2.21 bits per heavy atom. The number of amides is 1. The fourth-order valence-electron chi connectivity index (χ4n) is 1.68. The first-order valence-electron chi connectivity index (χ1n) is 5.24. The topological polar surface area (TPSA) is 46.3 Å². The molecule has 2 atom stereocenters. The number of carbonyl (C=O) groups is 1. The summed E-state index contributed by atoms with van der Waals surface area (Å²) in [4.78, 5) is 13.7. The molecule has 0 aromatic rings. The van der Waals surface area contributed by atoms with Crippen molar-refractivity contribution in [1.82, 2.24) is 4.90 Å². The number of rotatable bonds is 2. The van der Waals surface area contributed by atoms with E-state index in [1.54, 1.807) is 0 Å². The lowest BCUT2D eigenvalue weighted by Gasteiger charge is -2.33. The molecule has 2 N–H and O–H groups in total. The quantitative estimate of drug-likeness (QED) is 0.673. The third-order valence-electron chi connectivity index (χ3n) is 2.65. The van der Waals surface area contributed by atoms with Gasteiger partial charge in [0.2, 0.25) is 5.91 Å². The van der Waals surface area contributed by atoms with Crippen LogP contribution in [0.25, 0.3) is 0 Å². The average Bonchev–Trinajstić information content (AvgIpc) is 2.15. The van der Waals surface area contributed by atoms with E-state index in [1.165, 1.54) is 0 Å². The molecule has 0 aromatic carbocycles. The van der Waals surface area contributed by atoms with Gasteiger partial charge in [-0.1, -0.05) is 13.8 Å². The molecule has 0 bridgehead atoms. The summed E-state index contributed by atoms with van der Waals surface area (Å²) in [6, 6.07) is 0.153. The summed E-state index contributed by atoms with van der Waals surface area (Å²) in [6.45, 7) is 5.57. The zero-order valence-electron chi connectivity index (χ0n) is 8.94. The van der Waals surface area contributed by atoms with Crippen molar-refractivity contribution < 1.29 is 4.79 Å². The van der Waals surface area contributed by atoms with Crippen LogP contribution >= 0.6 is 12.6 Å². The van der Waals surface area contributed by atoms with E-state index >= 15 is 0 Å². The summed E-state index contributed by atoms with van der Waals surface area (Å²) >= 11 is 4.33. The molecular formula is C10H20N2OS. The number of hydrogen-bond donors (Lipinski definition) is 2. The Bertz CT molecular complexity index is 208. The van der Waals surface area contributed by atoms with Crippen molar-refractivity contribution in [2.75, 3.05) is 13.1 Å². The molecule has 2 unspecified atom stereocenters. The van der Waals surface area contributed by atoms with E-state index in [0.717, 1.165) is 19.4 Å². The lowest BCUT2D eigenvalue weighted by atomic mass is 10.0. The second kappa shape index (κ2) is 5.03. The monoisotopic (exact) mass is 216 g/mol. The third kappa shape index (κ3) is 2.89. The number of nitrogens with two attached hydrogens (primary N) is 1. The molecule has 1 aliphatic heterocycles. The highest BCUT2D eigenvalue weighted by molar-refractivity contribution is 7.81. The van der Waals surface area contributed by atoms with Crippen LogP contribution in [0.4, 0.5) is 0 Å². The van der Waals surface area contributed by atoms with Crippen LogP contribution in [0.2, 0.25) is 0 Å². The van der Waals surface area contributed by atoms with Gasteiger partial charge in [-0.05, 0) is 18.8 Å². The zero-order valence-corrected chi connectivity index (χ0v) is 9.83. The van der Waals surface area contributed by atoms with Crippen molar-refractivity contribution in [3.8, 4) is 0 Å². The van der Waals surface area contributed by atoms with E-state index in [-0.39, 0.29) is 23.1 Å². The van der Waals surface area contributed by atoms with Gasteiger partial charge in [0, 0.05) is 19.1 Å². The molecule has 4 heteroatoms. The van der Waals surface area contributed by atoms with Crippen LogP contribution in [0.3, 0.4) is 0 Å². The van der Waals surface area contributed by atoms with Crippen molar-refractivity contribution in [3.63, 3.8) is 0 Å². The lowest BCUT2D eigenvalue weighted by molar-refractivity contribution is -0.132. The van der Waals surface area contributed by atoms with E-state index < -0.39 is 0 Å². The van der Waals surface area contributed by atoms with E-state index in [9.17, 15) is 4.79 Å². The Morgan fingerprint density at radius 3 is 2.71 bits per heavy atom. The summed E-state index contributed by atoms with van der Waals surface area (Å²) in [5.74, 6) is 0.419. The van der Waals surface area contributed by atoms with E-state index in [2.05, 4.69) is 12.6 Å². The molecule has 1 amide bonds.